The monoisotopic (exact) mass is 360 g/mol. The first-order valence-corrected chi connectivity index (χ1v) is 8.96. The SMILES string of the molecule is CCCn1ncc(Br)c1C(C)(C)C1CCC(C)CC1Cl. The lowest BCUT2D eigenvalue weighted by Crippen LogP contribution is -2.40. The van der Waals surface area contributed by atoms with E-state index in [1.807, 2.05) is 6.20 Å². The average molecular weight is 362 g/mol. The summed E-state index contributed by atoms with van der Waals surface area (Å²) < 4.78 is 3.28. The molecule has 3 atom stereocenters. The van der Waals surface area contributed by atoms with E-state index in [9.17, 15) is 0 Å². The fraction of sp³-hybridized carbons (Fsp3) is 0.812. The second-order valence-corrected chi connectivity index (χ2v) is 8.24. The summed E-state index contributed by atoms with van der Waals surface area (Å²) in [5.41, 5.74) is 1.36. The van der Waals surface area contributed by atoms with Crippen LogP contribution in [-0.2, 0) is 12.0 Å². The molecule has 0 bridgehead atoms. The molecule has 2 rings (SSSR count). The molecule has 1 aromatic rings. The molecule has 0 amide bonds. The minimum atomic E-state index is 0.0526. The molecule has 0 aromatic carbocycles. The molecule has 4 heteroatoms. The van der Waals surface area contributed by atoms with Crippen molar-refractivity contribution in [1.82, 2.24) is 9.78 Å². The highest BCUT2D eigenvalue weighted by atomic mass is 79.9. The smallest absolute Gasteiger partial charge is 0.0635 e. The van der Waals surface area contributed by atoms with E-state index >= 15 is 0 Å². The second kappa shape index (κ2) is 6.39. The Kier molecular flexibility index (Phi) is 5.23. The van der Waals surface area contributed by atoms with E-state index in [1.54, 1.807) is 0 Å². The molecule has 1 fully saturated rings. The molecule has 1 aromatic heterocycles. The third-order valence-electron chi connectivity index (χ3n) is 4.80. The Morgan fingerprint density at radius 2 is 2.15 bits per heavy atom. The minimum Gasteiger partial charge on any atom is -0.268 e. The molecule has 0 spiro atoms. The van der Waals surface area contributed by atoms with Crippen LogP contribution in [0.5, 0.6) is 0 Å². The van der Waals surface area contributed by atoms with Crippen molar-refractivity contribution in [3.8, 4) is 0 Å². The lowest BCUT2D eigenvalue weighted by molar-refractivity contribution is 0.197. The minimum absolute atomic E-state index is 0.0526. The molecule has 0 radical (unpaired) electrons. The van der Waals surface area contributed by atoms with Gasteiger partial charge in [0.15, 0.2) is 0 Å². The van der Waals surface area contributed by atoms with Gasteiger partial charge in [0.05, 0.1) is 16.4 Å². The first-order chi connectivity index (χ1) is 9.37. The number of hydrogen-bond acceptors (Lipinski definition) is 1. The van der Waals surface area contributed by atoms with Crippen molar-refractivity contribution in [3.63, 3.8) is 0 Å². The Morgan fingerprint density at radius 1 is 1.45 bits per heavy atom. The van der Waals surface area contributed by atoms with E-state index in [4.69, 9.17) is 11.6 Å². The van der Waals surface area contributed by atoms with Gasteiger partial charge in [-0.3, -0.25) is 4.68 Å². The zero-order valence-electron chi connectivity index (χ0n) is 13.0. The van der Waals surface area contributed by atoms with Gasteiger partial charge in [-0.2, -0.15) is 5.10 Å². The van der Waals surface area contributed by atoms with Crippen LogP contribution in [-0.4, -0.2) is 15.2 Å². The van der Waals surface area contributed by atoms with Crippen LogP contribution in [0.3, 0.4) is 0 Å². The summed E-state index contributed by atoms with van der Waals surface area (Å²) in [4.78, 5) is 0. The third kappa shape index (κ3) is 3.09. The molecule has 1 heterocycles. The van der Waals surface area contributed by atoms with Gasteiger partial charge in [-0.1, -0.05) is 34.1 Å². The van der Waals surface area contributed by atoms with Crippen LogP contribution >= 0.6 is 27.5 Å². The predicted octanol–water partition coefficient (Wildman–Crippen LogP) is 5.38. The Bertz CT molecular complexity index is 455. The first-order valence-electron chi connectivity index (χ1n) is 7.73. The maximum Gasteiger partial charge on any atom is 0.0635 e. The maximum absolute atomic E-state index is 6.72. The Hall–Kier alpha value is -0.0200. The fourth-order valence-corrected chi connectivity index (χ4v) is 5.24. The van der Waals surface area contributed by atoms with Crippen molar-refractivity contribution in [2.75, 3.05) is 0 Å². The van der Waals surface area contributed by atoms with E-state index in [0.29, 0.717) is 5.92 Å². The number of hydrogen-bond donors (Lipinski definition) is 0. The summed E-state index contributed by atoms with van der Waals surface area (Å²) in [6.45, 7) is 10.1. The molecule has 0 aliphatic heterocycles. The van der Waals surface area contributed by atoms with Crippen molar-refractivity contribution >= 4 is 27.5 Å². The zero-order valence-corrected chi connectivity index (χ0v) is 15.3. The van der Waals surface area contributed by atoms with Gasteiger partial charge in [0.2, 0.25) is 0 Å². The van der Waals surface area contributed by atoms with Gasteiger partial charge in [-0.15, -0.1) is 11.6 Å². The zero-order chi connectivity index (χ0) is 14.9. The molecule has 114 valence electrons. The summed E-state index contributed by atoms with van der Waals surface area (Å²) in [6, 6.07) is 0. The molecular weight excluding hydrogens is 336 g/mol. The van der Waals surface area contributed by atoms with Gasteiger partial charge >= 0.3 is 0 Å². The van der Waals surface area contributed by atoms with E-state index in [1.165, 1.54) is 18.5 Å². The van der Waals surface area contributed by atoms with E-state index in [-0.39, 0.29) is 10.8 Å². The molecule has 1 aliphatic rings. The summed E-state index contributed by atoms with van der Waals surface area (Å²) in [6.07, 6.45) is 6.67. The molecule has 1 aliphatic carbocycles. The van der Waals surface area contributed by atoms with E-state index in [2.05, 4.69) is 53.4 Å². The highest BCUT2D eigenvalue weighted by Crippen LogP contribution is 2.46. The van der Waals surface area contributed by atoms with Gasteiger partial charge in [0.25, 0.3) is 0 Å². The first kappa shape index (κ1) is 16.4. The van der Waals surface area contributed by atoms with Crippen molar-refractivity contribution in [1.29, 1.82) is 0 Å². The Morgan fingerprint density at radius 3 is 2.75 bits per heavy atom. The highest BCUT2D eigenvalue weighted by molar-refractivity contribution is 9.10. The number of aryl methyl sites for hydroxylation is 1. The molecule has 3 unspecified atom stereocenters. The van der Waals surface area contributed by atoms with Crippen LogP contribution < -0.4 is 0 Å². The lowest BCUT2D eigenvalue weighted by atomic mass is 9.67. The van der Waals surface area contributed by atoms with Crippen LogP contribution in [0.15, 0.2) is 10.7 Å². The fourth-order valence-electron chi connectivity index (χ4n) is 3.68. The standard InChI is InChI=1S/C16H26BrClN2/c1-5-8-20-15(13(17)10-19-20)16(3,4)12-7-6-11(2)9-14(12)18/h10-12,14H,5-9H2,1-4H3. The maximum atomic E-state index is 6.72. The second-order valence-electron chi connectivity index (χ2n) is 6.83. The highest BCUT2D eigenvalue weighted by Gasteiger charge is 2.41. The molecule has 0 saturated heterocycles. The molecular formula is C16H26BrClN2. The van der Waals surface area contributed by atoms with E-state index < -0.39 is 0 Å². The van der Waals surface area contributed by atoms with Gasteiger partial charge in [0, 0.05) is 17.3 Å². The number of alkyl halides is 1. The summed E-state index contributed by atoms with van der Waals surface area (Å²) in [5.74, 6) is 1.28. The average Bonchev–Trinajstić information content (AvgIpc) is 2.71. The predicted molar refractivity (Wildman–Crippen MR) is 89.4 cm³/mol. The van der Waals surface area contributed by atoms with Gasteiger partial charge in [0.1, 0.15) is 0 Å². The largest absolute Gasteiger partial charge is 0.268 e. The van der Waals surface area contributed by atoms with Crippen molar-refractivity contribution in [2.45, 2.75) is 70.7 Å². The molecule has 20 heavy (non-hydrogen) atoms. The molecule has 1 saturated carbocycles. The number of rotatable bonds is 4. The normalized spacial score (nSPS) is 27.8. The van der Waals surface area contributed by atoms with Gasteiger partial charge in [-0.05, 0) is 47.0 Å². The van der Waals surface area contributed by atoms with Crippen molar-refractivity contribution < 1.29 is 0 Å². The number of halogens is 2. The lowest BCUT2D eigenvalue weighted by Gasteiger charge is -2.42. The van der Waals surface area contributed by atoms with Crippen LogP contribution in [0.25, 0.3) is 0 Å². The quantitative estimate of drug-likeness (QED) is 0.659. The molecule has 0 N–H and O–H groups in total. The third-order valence-corrected chi connectivity index (χ3v) is 5.86. The Labute approximate surface area is 136 Å². The van der Waals surface area contributed by atoms with Crippen molar-refractivity contribution in [2.24, 2.45) is 11.8 Å². The number of nitrogens with zero attached hydrogens (tertiary/aromatic N) is 2. The van der Waals surface area contributed by atoms with Gasteiger partial charge < -0.3 is 0 Å². The van der Waals surface area contributed by atoms with E-state index in [0.717, 1.165) is 29.8 Å². The summed E-state index contributed by atoms with van der Waals surface area (Å²) >= 11 is 10.4. The molecule has 2 nitrogen and oxygen atoms in total. The summed E-state index contributed by atoms with van der Waals surface area (Å²) in [7, 11) is 0. The van der Waals surface area contributed by atoms with Crippen molar-refractivity contribution in [3.05, 3.63) is 16.4 Å². The van der Waals surface area contributed by atoms with Gasteiger partial charge in [-0.25, -0.2) is 0 Å². The van der Waals surface area contributed by atoms with Crippen LogP contribution in [0.2, 0.25) is 0 Å². The van der Waals surface area contributed by atoms with Crippen LogP contribution in [0.4, 0.5) is 0 Å². The van der Waals surface area contributed by atoms with Crippen LogP contribution in [0.1, 0.15) is 59.1 Å². The van der Waals surface area contributed by atoms with Crippen LogP contribution in [0, 0.1) is 11.8 Å². The summed E-state index contributed by atoms with van der Waals surface area (Å²) in [5, 5.41) is 4.80. The number of aromatic nitrogens is 2. The topological polar surface area (TPSA) is 17.8 Å². The Balaban J connectivity index is 2.32.